The molecule has 116 valence electrons. The summed E-state index contributed by atoms with van der Waals surface area (Å²) in [6.45, 7) is 8.37. The van der Waals surface area contributed by atoms with Crippen molar-refractivity contribution < 1.29 is 14.3 Å². The minimum absolute atomic E-state index is 0.0697. The molecule has 21 heavy (non-hydrogen) atoms. The summed E-state index contributed by atoms with van der Waals surface area (Å²) >= 11 is 0. The van der Waals surface area contributed by atoms with Crippen molar-refractivity contribution in [2.24, 2.45) is 0 Å². The van der Waals surface area contributed by atoms with Crippen LogP contribution in [-0.4, -0.2) is 37.1 Å². The van der Waals surface area contributed by atoms with E-state index in [1.807, 2.05) is 24.3 Å². The number of hydrogen-bond acceptors (Lipinski definition) is 3. The zero-order valence-corrected chi connectivity index (χ0v) is 13.4. The predicted octanol–water partition coefficient (Wildman–Crippen LogP) is 3.01. The van der Waals surface area contributed by atoms with Gasteiger partial charge in [-0.25, -0.2) is 4.79 Å². The van der Waals surface area contributed by atoms with Crippen LogP contribution in [0.3, 0.4) is 0 Å². The van der Waals surface area contributed by atoms with E-state index in [9.17, 15) is 9.59 Å². The van der Waals surface area contributed by atoms with Crippen LogP contribution in [0.4, 0.5) is 10.5 Å². The lowest BCUT2D eigenvalue weighted by Gasteiger charge is -2.20. The van der Waals surface area contributed by atoms with Gasteiger partial charge in [-0.1, -0.05) is 32.9 Å². The molecule has 0 bridgehead atoms. The second-order valence-corrected chi connectivity index (χ2v) is 5.92. The third kappa shape index (κ3) is 5.45. The van der Waals surface area contributed by atoms with Gasteiger partial charge >= 0.3 is 12.0 Å². The van der Waals surface area contributed by atoms with Crippen molar-refractivity contribution >= 4 is 17.7 Å². The van der Waals surface area contributed by atoms with Crippen molar-refractivity contribution in [2.75, 3.05) is 25.5 Å². The second-order valence-electron chi connectivity index (χ2n) is 5.92. The highest BCUT2D eigenvalue weighted by Gasteiger charge is 2.15. The zero-order valence-electron chi connectivity index (χ0n) is 13.4. The summed E-state index contributed by atoms with van der Waals surface area (Å²) in [6.07, 6.45) is 0. The summed E-state index contributed by atoms with van der Waals surface area (Å²) < 4.78 is 4.81. The Labute approximate surface area is 126 Å². The van der Waals surface area contributed by atoms with Crippen molar-refractivity contribution in [3.05, 3.63) is 29.8 Å². The third-order valence-electron chi connectivity index (χ3n) is 3.02. The van der Waals surface area contributed by atoms with Gasteiger partial charge in [0.2, 0.25) is 0 Å². The first kappa shape index (κ1) is 17.0. The van der Waals surface area contributed by atoms with E-state index in [4.69, 9.17) is 4.74 Å². The summed E-state index contributed by atoms with van der Waals surface area (Å²) in [6, 6.07) is 7.35. The number of amides is 2. The maximum absolute atomic E-state index is 11.9. The summed E-state index contributed by atoms with van der Waals surface area (Å²) in [5.74, 6) is -0.418. The number of carbonyl (C=O) groups is 2. The average Bonchev–Trinajstić information content (AvgIpc) is 2.38. The number of carbonyl (C=O) groups excluding carboxylic acids is 2. The van der Waals surface area contributed by atoms with E-state index in [-0.39, 0.29) is 18.0 Å². The molecule has 0 aromatic heterocycles. The van der Waals surface area contributed by atoms with Crippen LogP contribution in [0, 0.1) is 0 Å². The molecule has 1 rings (SSSR count). The Bertz CT molecular complexity index is 489. The maximum Gasteiger partial charge on any atom is 0.325 e. The maximum atomic E-state index is 11.9. The number of anilines is 1. The van der Waals surface area contributed by atoms with E-state index in [2.05, 4.69) is 26.1 Å². The smallest absolute Gasteiger partial charge is 0.325 e. The first-order chi connectivity index (χ1) is 9.74. The van der Waals surface area contributed by atoms with Crippen LogP contribution in [0.1, 0.15) is 33.3 Å². The largest absolute Gasteiger partial charge is 0.465 e. The van der Waals surface area contributed by atoms with E-state index >= 15 is 0 Å². The Hall–Kier alpha value is -2.04. The number of hydrogen-bond donors (Lipinski definition) is 1. The van der Waals surface area contributed by atoms with E-state index < -0.39 is 5.97 Å². The number of urea groups is 1. The molecule has 1 N–H and O–H groups in total. The fourth-order valence-corrected chi connectivity index (χ4v) is 1.74. The molecule has 0 saturated carbocycles. The van der Waals surface area contributed by atoms with Crippen LogP contribution < -0.4 is 5.32 Å². The number of esters is 1. The average molecular weight is 292 g/mol. The third-order valence-corrected chi connectivity index (χ3v) is 3.02. The van der Waals surface area contributed by atoms with Crippen LogP contribution >= 0.6 is 0 Å². The second kappa shape index (κ2) is 7.11. The van der Waals surface area contributed by atoms with Crippen molar-refractivity contribution in [1.29, 1.82) is 0 Å². The summed E-state index contributed by atoms with van der Waals surface area (Å²) in [4.78, 5) is 24.5. The lowest BCUT2D eigenvalue weighted by molar-refractivity contribution is -0.143. The van der Waals surface area contributed by atoms with Crippen molar-refractivity contribution in [3.8, 4) is 0 Å². The predicted molar refractivity (Wildman–Crippen MR) is 83.4 cm³/mol. The topological polar surface area (TPSA) is 58.6 Å². The molecule has 0 radical (unpaired) electrons. The van der Waals surface area contributed by atoms with Gasteiger partial charge in [0.15, 0.2) is 0 Å². The molecule has 0 atom stereocenters. The molecule has 0 aliphatic rings. The van der Waals surface area contributed by atoms with Crippen molar-refractivity contribution in [3.63, 3.8) is 0 Å². The Morgan fingerprint density at radius 3 is 2.24 bits per heavy atom. The SMILES string of the molecule is CCOC(=O)CN(C)C(=O)Nc1ccc(C(C)(C)C)cc1. The quantitative estimate of drug-likeness (QED) is 0.868. The van der Waals surface area contributed by atoms with Crippen LogP contribution in [0.25, 0.3) is 0 Å². The highest BCUT2D eigenvalue weighted by atomic mass is 16.5. The van der Waals surface area contributed by atoms with Gasteiger partial charge in [-0.05, 0) is 30.0 Å². The van der Waals surface area contributed by atoms with Crippen LogP contribution in [0.5, 0.6) is 0 Å². The molecule has 5 nitrogen and oxygen atoms in total. The standard InChI is InChI=1S/C16H24N2O3/c1-6-21-14(19)11-18(5)15(20)17-13-9-7-12(8-10-13)16(2,3)4/h7-10H,6,11H2,1-5H3,(H,17,20). The summed E-state index contributed by atoms with van der Waals surface area (Å²) in [5, 5.41) is 2.75. The Morgan fingerprint density at radius 1 is 1.19 bits per heavy atom. The number of nitrogens with one attached hydrogen (secondary N) is 1. The molecule has 0 unspecified atom stereocenters. The monoisotopic (exact) mass is 292 g/mol. The first-order valence-electron chi connectivity index (χ1n) is 7.02. The summed E-state index contributed by atoms with van der Waals surface area (Å²) in [5.41, 5.74) is 1.97. The lowest BCUT2D eigenvalue weighted by Crippen LogP contribution is -2.36. The van der Waals surface area contributed by atoms with Gasteiger partial charge in [0.25, 0.3) is 0 Å². The molecule has 1 aromatic rings. The molecular formula is C16H24N2O3. The van der Waals surface area contributed by atoms with Crippen LogP contribution in [-0.2, 0) is 14.9 Å². The van der Waals surface area contributed by atoms with E-state index in [1.165, 1.54) is 10.5 Å². The van der Waals surface area contributed by atoms with Gasteiger partial charge in [0.1, 0.15) is 6.54 Å². The Kier molecular flexibility index (Phi) is 5.76. The first-order valence-corrected chi connectivity index (χ1v) is 7.02. The lowest BCUT2D eigenvalue weighted by atomic mass is 9.87. The fourth-order valence-electron chi connectivity index (χ4n) is 1.74. The Balaban J connectivity index is 2.60. The minimum atomic E-state index is -0.418. The molecule has 2 amide bonds. The van der Waals surface area contributed by atoms with E-state index in [1.54, 1.807) is 14.0 Å². The molecule has 1 aromatic carbocycles. The molecule has 0 fully saturated rings. The molecule has 0 spiro atoms. The van der Waals surface area contributed by atoms with E-state index in [0.29, 0.717) is 12.3 Å². The number of rotatable bonds is 4. The van der Waals surface area contributed by atoms with Gasteiger partial charge in [-0.15, -0.1) is 0 Å². The van der Waals surface area contributed by atoms with Crippen molar-refractivity contribution in [2.45, 2.75) is 33.1 Å². The van der Waals surface area contributed by atoms with Gasteiger partial charge in [-0.3, -0.25) is 4.79 Å². The van der Waals surface area contributed by atoms with Gasteiger partial charge < -0.3 is 15.0 Å². The van der Waals surface area contributed by atoms with Gasteiger partial charge in [0.05, 0.1) is 6.61 Å². The zero-order chi connectivity index (χ0) is 16.0. The molecule has 0 saturated heterocycles. The highest BCUT2D eigenvalue weighted by molar-refractivity contribution is 5.91. The summed E-state index contributed by atoms with van der Waals surface area (Å²) in [7, 11) is 1.55. The molecule has 0 aliphatic carbocycles. The highest BCUT2D eigenvalue weighted by Crippen LogP contribution is 2.23. The van der Waals surface area contributed by atoms with Crippen LogP contribution in [0.15, 0.2) is 24.3 Å². The molecule has 0 aliphatic heterocycles. The number of nitrogens with zero attached hydrogens (tertiary/aromatic N) is 1. The number of ether oxygens (including phenoxy) is 1. The number of likely N-dealkylation sites (N-methyl/N-ethyl adjacent to an activating group) is 1. The normalized spacial score (nSPS) is 10.9. The minimum Gasteiger partial charge on any atom is -0.465 e. The van der Waals surface area contributed by atoms with Crippen molar-refractivity contribution in [1.82, 2.24) is 4.90 Å². The Morgan fingerprint density at radius 2 is 1.76 bits per heavy atom. The molecular weight excluding hydrogens is 268 g/mol. The van der Waals surface area contributed by atoms with Crippen LogP contribution in [0.2, 0.25) is 0 Å². The van der Waals surface area contributed by atoms with E-state index in [0.717, 1.165) is 0 Å². The molecule has 0 heterocycles. The molecule has 5 heteroatoms. The van der Waals surface area contributed by atoms with Gasteiger partial charge in [0, 0.05) is 12.7 Å². The fraction of sp³-hybridized carbons (Fsp3) is 0.500. The number of benzene rings is 1. The van der Waals surface area contributed by atoms with Gasteiger partial charge in [-0.2, -0.15) is 0 Å².